The number of pyridine rings is 1. The second-order valence-electron chi connectivity index (χ2n) is 4.94. The van der Waals surface area contributed by atoms with Crippen LogP contribution in [0.15, 0.2) is 48.8 Å². The van der Waals surface area contributed by atoms with Crippen LogP contribution in [0, 0.1) is 12.7 Å². The number of thiazole rings is 1. The minimum absolute atomic E-state index is 0.146. The van der Waals surface area contributed by atoms with E-state index in [1.807, 2.05) is 12.1 Å². The number of amides is 1. The van der Waals surface area contributed by atoms with Gasteiger partial charge in [-0.15, -0.1) is 11.3 Å². The lowest BCUT2D eigenvalue weighted by Crippen LogP contribution is -2.23. The summed E-state index contributed by atoms with van der Waals surface area (Å²) < 4.78 is 13.6. The van der Waals surface area contributed by atoms with E-state index in [4.69, 9.17) is 0 Å². The minimum atomic E-state index is -0.327. The maximum atomic E-state index is 13.6. The molecule has 23 heavy (non-hydrogen) atoms. The average Bonchev–Trinajstić information content (AvgIpc) is 2.97. The first-order valence-corrected chi connectivity index (χ1v) is 7.86. The minimum Gasteiger partial charge on any atom is -0.347 e. The number of benzene rings is 1. The molecule has 0 saturated heterocycles. The Morgan fingerprint density at radius 1 is 1.22 bits per heavy atom. The molecule has 0 radical (unpaired) electrons. The molecule has 3 aromatic rings. The quantitative estimate of drug-likeness (QED) is 0.797. The van der Waals surface area contributed by atoms with E-state index in [0.29, 0.717) is 16.1 Å². The summed E-state index contributed by atoms with van der Waals surface area (Å²) >= 11 is 1.32. The molecule has 0 aliphatic heterocycles. The smallest absolute Gasteiger partial charge is 0.263 e. The van der Waals surface area contributed by atoms with Crippen LogP contribution in [0.2, 0.25) is 0 Å². The second kappa shape index (κ2) is 6.66. The van der Waals surface area contributed by atoms with Crippen molar-refractivity contribution in [1.29, 1.82) is 0 Å². The third-order valence-electron chi connectivity index (χ3n) is 3.33. The third kappa shape index (κ3) is 3.43. The molecule has 116 valence electrons. The number of halogens is 1. The van der Waals surface area contributed by atoms with Crippen molar-refractivity contribution in [2.75, 3.05) is 0 Å². The van der Waals surface area contributed by atoms with E-state index in [0.717, 1.165) is 10.6 Å². The maximum Gasteiger partial charge on any atom is 0.263 e. The lowest BCUT2D eigenvalue weighted by atomic mass is 10.2. The van der Waals surface area contributed by atoms with Gasteiger partial charge >= 0.3 is 0 Å². The maximum absolute atomic E-state index is 13.6. The highest BCUT2D eigenvalue weighted by atomic mass is 32.1. The number of aromatic nitrogens is 2. The summed E-state index contributed by atoms with van der Waals surface area (Å²) in [4.78, 5) is 21.3. The molecule has 2 heterocycles. The van der Waals surface area contributed by atoms with Crippen molar-refractivity contribution in [3.05, 3.63) is 70.7 Å². The molecule has 1 N–H and O–H groups in total. The molecule has 6 heteroatoms. The van der Waals surface area contributed by atoms with Gasteiger partial charge in [0.2, 0.25) is 0 Å². The molecule has 0 unspecified atom stereocenters. The predicted octanol–water partition coefficient (Wildman–Crippen LogP) is 3.58. The van der Waals surface area contributed by atoms with Crippen molar-refractivity contribution >= 4 is 17.2 Å². The van der Waals surface area contributed by atoms with Gasteiger partial charge in [-0.25, -0.2) is 9.37 Å². The molecule has 0 bridgehead atoms. The van der Waals surface area contributed by atoms with Gasteiger partial charge in [0.05, 0.1) is 5.69 Å². The summed E-state index contributed by atoms with van der Waals surface area (Å²) in [6.07, 6.45) is 3.37. The van der Waals surface area contributed by atoms with Gasteiger partial charge in [-0.05, 0) is 25.1 Å². The fourth-order valence-corrected chi connectivity index (χ4v) is 3.11. The average molecular weight is 327 g/mol. The summed E-state index contributed by atoms with van der Waals surface area (Å²) in [5.41, 5.74) is 2.03. The topological polar surface area (TPSA) is 54.9 Å². The molecule has 0 aliphatic rings. The Hall–Kier alpha value is -2.60. The van der Waals surface area contributed by atoms with Crippen LogP contribution in [0.5, 0.6) is 0 Å². The molecular formula is C17H14FN3OS. The lowest BCUT2D eigenvalue weighted by molar-refractivity contribution is 0.0954. The highest BCUT2D eigenvalue weighted by molar-refractivity contribution is 7.17. The molecule has 0 aliphatic carbocycles. The highest BCUT2D eigenvalue weighted by Crippen LogP contribution is 2.27. The van der Waals surface area contributed by atoms with Crippen molar-refractivity contribution in [2.45, 2.75) is 13.5 Å². The normalized spacial score (nSPS) is 10.5. The molecule has 0 saturated carbocycles. The Bertz CT molecular complexity index is 833. The molecule has 3 rings (SSSR count). The molecule has 2 aromatic heterocycles. The Morgan fingerprint density at radius 2 is 1.96 bits per heavy atom. The first kappa shape index (κ1) is 15.3. The van der Waals surface area contributed by atoms with Gasteiger partial charge in [0.15, 0.2) is 0 Å². The van der Waals surface area contributed by atoms with Gasteiger partial charge in [-0.2, -0.15) is 0 Å². The van der Waals surface area contributed by atoms with E-state index < -0.39 is 0 Å². The van der Waals surface area contributed by atoms with Crippen molar-refractivity contribution < 1.29 is 9.18 Å². The standard InChI is InChI=1S/C17H14FN3OS/c1-11-15(23-17(21-11)12-6-8-19-9-7-12)16(22)20-10-13-4-2-3-5-14(13)18/h2-9H,10H2,1H3,(H,20,22). The van der Waals surface area contributed by atoms with Gasteiger partial charge in [0.1, 0.15) is 15.7 Å². The zero-order valence-electron chi connectivity index (χ0n) is 12.4. The number of carbonyl (C=O) groups excluding carboxylic acids is 1. The van der Waals surface area contributed by atoms with Crippen LogP contribution in [0.1, 0.15) is 20.9 Å². The highest BCUT2D eigenvalue weighted by Gasteiger charge is 2.16. The molecule has 0 spiro atoms. The fourth-order valence-electron chi connectivity index (χ4n) is 2.12. The number of carbonyl (C=O) groups is 1. The van der Waals surface area contributed by atoms with E-state index in [1.54, 1.807) is 37.5 Å². The molecule has 1 aromatic carbocycles. The van der Waals surface area contributed by atoms with Gasteiger partial charge in [0.25, 0.3) is 5.91 Å². The number of aryl methyl sites for hydroxylation is 1. The summed E-state index contributed by atoms with van der Waals surface area (Å²) in [5, 5.41) is 3.51. The number of hydrogen-bond donors (Lipinski definition) is 1. The first-order valence-electron chi connectivity index (χ1n) is 7.04. The largest absolute Gasteiger partial charge is 0.347 e. The van der Waals surface area contributed by atoms with Crippen LogP contribution >= 0.6 is 11.3 Å². The summed E-state index contributed by atoms with van der Waals surface area (Å²) in [7, 11) is 0. The summed E-state index contributed by atoms with van der Waals surface area (Å²) in [5.74, 6) is -0.574. The second-order valence-corrected chi connectivity index (χ2v) is 5.94. The van der Waals surface area contributed by atoms with Gasteiger partial charge in [0, 0.05) is 30.1 Å². The van der Waals surface area contributed by atoms with Crippen LogP contribution in [0.4, 0.5) is 4.39 Å². The van der Waals surface area contributed by atoms with Gasteiger partial charge < -0.3 is 5.32 Å². The molecule has 0 atom stereocenters. The fraction of sp³-hybridized carbons (Fsp3) is 0.118. The van der Waals surface area contributed by atoms with Crippen molar-refractivity contribution in [1.82, 2.24) is 15.3 Å². The van der Waals surface area contributed by atoms with E-state index in [9.17, 15) is 9.18 Å². The summed E-state index contributed by atoms with van der Waals surface area (Å²) in [6, 6.07) is 10.1. The third-order valence-corrected chi connectivity index (χ3v) is 4.53. The van der Waals surface area contributed by atoms with Crippen LogP contribution in [0.25, 0.3) is 10.6 Å². The first-order chi connectivity index (χ1) is 11.1. The SMILES string of the molecule is Cc1nc(-c2ccncc2)sc1C(=O)NCc1ccccc1F. The molecule has 4 nitrogen and oxygen atoms in total. The van der Waals surface area contributed by atoms with Crippen LogP contribution < -0.4 is 5.32 Å². The Balaban J connectivity index is 1.75. The monoisotopic (exact) mass is 327 g/mol. The van der Waals surface area contributed by atoms with E-state index in [1.165, 1.54) is 17.4 Å². The van der Waals surface area contributed by atoms with Crippen molar-refractivity contribution in [3.8, 4) is 10.6 Å². The lowest BCUT2D eigenvalue weighted by Gasteiger charge is -2.05. The van der Waals surface area contributed by atoms with Gasteiger partial charge in [-0.3, -0.25) is 9.78 Å². The summed E-state index contributed by atoms with van der Waals surface area (Å²) in [6.45, 7) is 1.94. The Kier molecular flexibility index (Phi) is 4.43. The molecule has 1 amide bonds. The van der Waals surface area contributed by atoms with Crippen molar-refractivity contribution in [3.63, 3.8) is 0 Å². The van der Waals surface area contributed by atoms with E-state index in [2.05, 4.69) is 15.3 Å². The number of rotatable bonds is 4. The number of nitrogens with one attached hydrogen (secondary N) is 1. The predicted molar refractivity (Wildman–Crippen MR) is 87.7 cm³/mol. The van der Waals surface area contributed by atoms with E-state index >= 15 is 0 Å². The Morgan fingerprint density at radius 3 is 2.70 bits per heavy atom. The molecular weight excluding hydrogens is 313 g/mol. The zero-order valence-corrected chi connectivity index (χ0v) is 13.2. The van der Waals surface area contributed by atoms with Crippen LogP contribution in [-0.2, 0) is 6.54 Å². The van der Waals surface area contributed by atoms with E-state index in [-0.39, 0.29) is 18.3 Å². The number of hydrogen-bond acceptors (Lipinski definition) is 4. The Labute approximate surface area is 137 Å². The number of nitrogens with zero attached hydrogens (tertiary/aromatic N) is 2. The van der Waals surface area contributed by atoms with Crippen LogP contribution in [0.3, 0.4) is 0 Å². The zero-order chi connectivity index (χ0) is 16.2. The van der Waals surface area contributed by atoms with Crippen molar-refractivity contribution in [2.24, 2.45) is 0 Å². The molecule has 0 fully saturated rings. The van der Waals surface area contributed by atoms with Crippen LogP contribution in [-0.4, -0.2) is 15.9 Å². The van der Waals surface area contributed by atoms with Gasteiger partial charge in [-0.1, -0.05) is 18.2 Å².